The molecule has 0 aliphatic heterocycles. The molecule has 158 valence electrons. The third kappa shape index (κ3) is 7.90. The number of rotatable bonds is 9. The molecule has 30 heavy (non-hydrogen) atoms. The lowest BCUT2D eigenvalue weighted by Crippen LogP contribution is -2.39. The number of para-hydroxylation sites is 1. The Bertz CT molecular complexity index is 920. The first-order valence-corrected chi connectivity index (χ1v) is 9.25. The number of hydrogen-bond acceptors (Lipinski definition) is 6. The first-order chi connectivity index (χ1) is 14.5. The summed E-state index contributed by atoms with van der Waals surface area (Å²) in [6, 6.07) is 13.6. The van der Waals surface area contributed by atoms with E-state index in [9.17, 15) is 14.4 Å². The maximum atomic E-state index is 12.0. The average molecular weight is 433 g/mol. The Morgan fingerprint density at radius 2 is 1.90 bits per heavy atom. The highest BCUT2D eigenvalue weighted by molar-refractivity contribution is 6.35. The van der Waals surface area contributed by atoms with Gasteiger partial charge in [-0.25, -0.2) is 5.43 Å². The first kappa shape index (κ1) is 22.9. The van der Waals surface area contributed by atoms with Gasteiger partial charge in [-0.2, -0.15) is 5.10 Å². The molecule has 0 fully saturated rings. The minimum absolute atomic E-state index is 0.218. The van der Waals surface area contributed by atoms with Gasteiger partial charge in [-0.15, -0.1) is 0 Å². The summed E-state index contributed by atoms with van der Waals surface area (Å²) in [5, 5.41) is 9.18. The molecular formula is C20H21ClN4O5. The van der Waals surface area contributed by atoms with Crippen LogP contribution in [0.1, 0.15) is 5.56 Å². The normalized spacial score (nSPS) is 10.5. The maximum absolute atomic E-state index is 12.0. The number of hydrazone groups is 1. The summed E-state index contributed by atoms with van der Waals surface area (Å²) in [5.74, 6) is -1.65. The van der Waals surface area contributed by atoms with Crippen LogP contribution in [0.5, 0.6) is 5.75 Å². The van der Waals surface area contributed by atoms with Crippen LogP contribution >= 0.6 is 11.6 Å². The topological polar surface area (TPSA) is 118 Å². The van der Waals surface area contributed by atoms with Gasteiger partial charge in [0, 0.05) is 13.7 Å². The summed E-state index contributed by atoms with van der Waals surface area (Å²) < 4.78 is 10.2. The molecule has 0 atom stereocenters. The number of hydrogen-bond donors (Lipinski definition) is 3. The predicted molar refractivity (Wildman–Crippen MR) is 113 cm³/mol. The molecule has 0 unspecified atom stereocenters. The van der Waals surface area contributed by atoms with E-state index in [4.69, 9.17) is 21.1 Å². The second-order valence-corrected chi connectivity index (χ2v) is 6.24. The minimum atomic E-state index is -0.897. The summed E-state index contributed by atoms with van der Waals surface area (Å²) in [6.45, 7) is 0.297. The predicted octanol–water partition coefficient (Wildman–Crippen LogP) is 1.57. The molecule has 0 saturated heterocycles. The maximum Gasteiger partial charge on any atom is 0.329 e. The van der Waals surface area contributed by atoms with E-state index in [1.54, 1.807) is 48.5 Å². The van der Waals surface area contributed by atoms with E-state index in [0.717, 1.165) is 0 Å². The molecule has 3 N–H and O–H groups in total. The molecule has 9 nitrogen and oxygen atoms in total. The number of halogens is 1. The number of ether oxygens (including phenoxy) is 2. The van der Waals surface area contributed by atoms with Crippen LogP contribution in [-0.4, -0.2) is 50.8 Å². The fraction of sp³-hybridized carbons (Fsp3) is 0.200. The molecule has 0 heterocycles. The SMILES string of the molecule is COCCNC(=O)C(=O)N/N=C\c1cccc(OCC(=O)Nc2ccccc2Cl)c1. The van der Waals surface area contributed by atoms with E-state index in [1.165, 1.54) is 13.3 Å². The summed E-state index contributed by atoms with van der Waals surface area (Å²) in [5.41, 5.74) is 3.21. The van der Waals surface area contributed by atoms with E-state index in [1.807, 2.05) is 0 Å². The van der Waals surface area contributed by atoms with Gasteiger partial charge in [-0.05, 0) is 29.8 Å². The number of nitrogens with zero attached hydrogens (tertiary/aromatic N) is 1. The van der Waals surface area contributed by atoms with Crippen LogP contribution < -0.4 is 20.8 Å². The van der Waals surface area contributed by atoms with Crippen LogP contribution in [0, 0.1) is 0 Å². The fourth-order valence-corrected chi connectivity index (χ4v) is 2.33. The Kier molecular flexibility index (Phi) is 9.29. The Hall–Kier alpha value is -3.43. The number of anilines is 1. The molecule has 0 radical (unpaired) electrons. The van der Waals surface area contributed by atoms with E-state index in [2.05, 4.69) is 21.2 Å². The van der Waals surface area contributed by atoms with Gasteiger partial charge in [0.2, 0.25) is 0 Å². The molecule has 2 aromatic carbocycles. The Morgan fingerprint density at radius 1 is 1.10 bits per heavy atom. The van der Waals surface area contributed by atoms with E-state index < -0.39 is 11.8 Å². The number of carbonyl (C=O) groups excluding carboxylic acids is 3. The lowest BCUT2D eigenvalue weighted by Gasteiger charge is -2.09. The highest BCUT2D eigenvalue weighted by Gasteiger charge is 2.11. The van der Waals surface area contributed by atoms with Crippen molar-refractivity contribution in [2.45, 2.75) is 0 Å². The smallest absolute Gasteiger partial charge is 0.329 e. The Morgan fingerprint density at radius 3 is 2.67 bits per heavy atom. The molecule has 0 aromatic heterocycles. The van der Waals surface area contributed by atoms with E-state index in [-0.39, 0.29) is 19.1 Å². The van der Waals surface area contributed by atoms with Crippen molar-refractivity contribution in [1.29, 1.82) is 0 Å². The van der Waals surface area contributed by atoms with Crippen molar-refractivity contribution in [3.63, 3.8) is 0 Å². The van der Waals surface area contributed by atoms with Crippen molar-refractivity contribution < 1.29 is 23.9 Å². The Balaban J connectivity index is 1.82. The number of nitrogens with one attached hydrogen (secondary N) is 3. The molecule has 0 spiro atoms. The van der Waals surface area contributed by atoms with Crippen molar-refractivity contribution in [2.24, 2.45) is 5.10 Å². The van der Waals surface area contributed by atoms with Crippen molar-refractivity contribution in [2.75, 3.05) is 32.2 Å². The van der Waals surface area contributed by atoms with Crippen LogP contribution in [0.2, 0.25) is 5.02 Å². The van der Waals surface area contributed by atoms with Gasteiger partial charge in [0.25, 0.3) is 5.91 Å². The van der Waals surface area contributed by atoms with Crippen LogP contribution in [0.15, 0.2) is 53.6 Å². The molecule has 10 heteroatoms. The first-order valence-electron chi connectivity index (χ1n) is 8.87. The molecule has 2 rings (SSSR count). The van der Waals surface area contributed by atoms with Crippen LogP contribution in [0.4, 0.5) is 5.69 Å². The van der Waals surface area contributed by atoms with Gasteiger partial charge < -0.3 is 20.1 Å². The standard InChI is InChI=1S/C20H21ClN4O5/c1-29-10-9-22-19(27)20(28)25-23-12-14-5-4-6-15(11-14)30-13-18(26)24-17-8-3-2-7-16(17)21/h2-8,11-12H,9-10,13H2,1H3,(H,22,27)(H,24,26)(H,25,28)/b23-12-. The number of carbonyl (C=O) groups is 3. The summed E-state index contributed by atoms with van der Waals surface area (Å²) in [7, 11) is 1.49. The van der Waals surface area contributed by atoms with Crippen molar-refractivity contribution in [3.8, 4) is 5.75 Å². The number of benzene rings is 2. The molecular weight excluding hydrogens is 412 g/mol. The van der Waals surface area contributed by atoms with Gasteiger partial charge >= 0.3 is 11.8 Å². The number of methoxy groups -OCH3 is 1. The highest BCUT2D eigenvalue weighted by atomic mass is 35.5. The Labute approximate surface area is 178 Å². The molecule has 3 amide bonds. The largest absolute Gasteiger partial charge is 0.484 e. The highest BCUT2D eigenvalue weighted by Crippen LogP contribution is 2.20. The second kappa shape index (κ2) is 12.2. The second-order valence-electron chi connectivity index (χ2n) is 5.84. The lowest BCUT2D eigenvalue weighted by molar-refractivity contribution is -0.139. The molecule has 2 aromatic rings. The zero-order chi connectivity index (χ0) is 21.8. The van der Waals surface area contributed by atoms with Gasteiger partial charge in [0.05, 0.1) is 23.5 Å². The molecule has 0 saturated carbocycles. The summed E-state index contributed by atoms with van der Waals surface area (Å²) in [6.07, 6.45) is 1.34. The fourth-order valence-electron chi connectivity index (χ4n) is 2.15. The summed E-state index contributed by atoms with van der Waals surface area (Å²) >= 11 is 6.00. The number of amides is 3. The molecule has 0 aliphatic rings. The average Bonchev–Trinajstić information content (AvgIpc) is 2.74. The van der Waals surface area contributed by atoms with E-state index >= 15 is 0 Å². The van der Waals surface area contributed by atoms with Crippen LogP contribution in [0.3, 0.4) is 0 Å². The monoisotopic (exact) mass is 432 g/mol. The zero-order valence-corrected chi connectivity index (χ0v) is 16.9. The third-order valence-electron chi connectivity index (χ3n) is 3.55. The minimum Gasteiger partial charge on any atom is -0.484 e. The van der Waals surface area contributed by atoms with E-state index in [0.29, 0.717) is 28.6 Å². The van der Waals surface area contributed by atoms with Crippen LogP contribution in [0.25, 0.3) is 0 Å². The van der Waals surface area contributed by atoms with Crippen molar-refractivity contribution in [3.05, 3.63) is 59.1 Å². The zero-order valence-electron chi connectivity index (χ0n) is 16.2. The van der Waals surface area contributed by atoms with Gasteiger partial charge in [0.1, 0.15) is 5.75 Å². The van der Waals surface area contributed by atoms with Crippen LogP contribution in [-0.2, 0) is 19.1 Å². The third-order valence-corrected chi connectivity index (χ3v) is 3.88. The molecule has 0 bridgehead atoms. The van der Waals surface area contributed by atoms with Gasteiger partial charge in [-0.3, -0.25) is 14.4 Å². The van der Waals surface area contributed by atoms with Crippen molar-refractivity contribution >= 4 is 41.2 Å². The quantitative estimate of drug-likeness (QED) is 0.240. The van der Waals surface area contributed by atoms with Gasteiger partial charge in [-0.1, -0.05) is 35.9 Å². The summed E-state index contributed by atoms with van der Waals surface area (Å²) in [4.78, 5) is 35.1. The lowest BCUT2D eigenvalue weighted by atomic mass is 10.2. The van der Waals surface area contributed by atoms with Crippen molar-refractivity contribution in [1.82, 2.24) is 10.7 Å². The van der Waals surface area contributed by atoms with Gasteiger partial charge in [0.15, 0.2) is 6.61 Å². The molecule has 0 aliphatic carbocycles.